The number of amides is 1. The van der Waals surface area contributed by atoms with E-state index in [0.29, 0.717) is 0 Å². The molecular formula is C10H10Cl2FNO. The number of halogens is 3. The molecule has 0 heterocycles. The van der Waals surface area contributed by atoms with Crippen molar-refractivity contribution in [1.82, 2.24) is 5.32 Å². The highest BCUT2D eigenvalue weighted by atomic mass is 35.5. The molecule has 1 rings (SSSR count). The second-order valence-electron chi connectivity index (χ2n) is 3.09. The second-order valence-corrected chi connectivity index (χ2v) is 4.24. The van der Waals surface area contributed by atoms with E-state index in [4.69, 9.17) is 23.2 Å². The lowest BCUT2D eigenvalue weighted by Crippen LogP contribution is -2.29. The Morgan fingerprint density at radius 3 is 2.87 bits per heavy atom. The fourth-order valence-corrected chi connectivity index (χ4v) is 1.26. The quantitative estimate of drug-likeness (QED) is 0.821. The van der Waals surface area contributed by atoms with E-state index in [1.165, 1.54) is 18.2 Å². The van der Waals surface area contributed by atoms with Crippen LogP contribution >= 0.6 is 23.2 Å². The molecule has 15 heavy (non-hydrogen) atoms. The highest BCUT2D eigenvalue weighted by Gasteiger charge is 2.13. The fraction of sp³-hybridized carbons (Fsp3) is 0.300. The van der Waals surface area contributed by atoms with Crippen molar-refractivity contribution in [2.75, 3.05) is 6.54 Å². The summed E-state index contributed by atoms with van der Waals surface area (Å²) >= 11 is 11.2. The van der Waals surface area contributed by atoms with Crippen LogP contribution in [0.2, 0.25) is 5.02 Å². The standard InChI is InChI=1S/C10H10Cl2FNO/c1-6(11)5-14-10(15)7-3-2-4-8(12)9(7)13/h2-4,6H,5H2,1H3,(H,14,15). The monoisotopic (exact) mass is 249 g/mol. The van der Waals surface area contributed by atoms with Crippen molar-refractivity contribution < 1.29 is 9.18 Å². The first-order valence-electron chi connectivity index (χ1n) is 4.38. The van der Waals surface area contributed by atoms with Crippen LogP contribution in [0.5, 0.6) is 0 Å². The summed E-state index contributed by atoms with van der Waals surface area (Å²) in [6.07, 6.45) is 0. The molecule has 0 saturated heterocycles. The average Bonchev–Trinajstić information content (AvgIpc) is 2.18. The number of hydrogen-bond acceptors (Lipinski definition) is 1. The van der Waals surface area contributed by atoms with Gasteiger partial charge in [0, 0.05) is 11.9 Å². The molecule has 0 aliphatic rings. The highest BCUT2D eigenvalue weighted by molar-refractivity contribution is 6.31. The van der Waals surface area contributed by atoms with Crippen LogP contribution in [0.3, 0.4) is 0 Å². The van der Waals surface area contributed by atoms with E-state index >= 15 is 0 Å². The predicted octanol–water partition coefficient (Wildman–Crippen LogP) is 2.84. The average molecular weight is 250 g/mol. The van der Waals surface area contributed by atoms with Crippen LogP contribution in [0.25, 0.3) is 0 Å². The number of rotatable bonds is 3. The SMILES string of the molecule is CC(Cl)CNC(=O)c1cccc(Cl)c1F. The van der Waals surface area contributed by atoms with Crippen molar-refractivity contribution in [3.8, 4) is 0 Å². The van der Waals surface area contributed by atoms with Crippen molar-refractivity contribution in [3.05, 3.63) is 34.6 Å². The molecule has 1 unspecified atom stereocenters. The Labute approximate surface area is 97.4 Å². The molecule has 0 saturated carbocycles. The van der Waals surface area contributed by atoms with E-state index in [1.807, 2.05) is 0 Å². The maximum atomic E-state index is 13.4. The van der Waals surface area contributed by atoms with E-state index in [1.54, 1.807) is 6.92 Å². The third-order valence-corrected chi connectivity index (χ3v) is 2.19. The van der Waals surface area contributed by atoms with Gasteiger partial charge in [0.15, 0.2) is 5.82 Å². The van der Waals surface area contributed by atoms with Gasteiger partial charge in [-0.2, -0.15) is 0 Å². The first kappa shape index (κ1) is 12.3. The maximum Gasteiger partial charge on any atom is 0.254 e. The molecule has 1 N–H and O–H groups in total. The largest absolute Gasteiger partial charge is 0.350 e. The molecule has 0 radical (unpaired) electrons. The number of hydrogen-bond donors (Lipinski definition) is 1. The third kappa shape index (κ3) is 3.36. The predicted molar refractivity (Wildman–Crippen MR) is 59.1 cm³/mol. The summed E-state index contributed by atoms with van der Waals surface area (Å²) < 4.78 is 13.4. The van der Waals surface area contributed by atoms with Gasteiger partial charge in [-0.25, -0.2) is 4.39 Å². The van der Waals surface area contributed by atoms with Gasteiger partial charge in [-0.15, -0.1) is 11.6 Å². The number of nitrogens with one attached hydrogen (secondary N) is 1. The summed E-state index contributed by atoms with van der Waals surface area (Å²) in [4.78, 5) is 11.5. The second kappa shape index (κ2) is 5.33. The minimum atomic E-state index is -0.709. The number of benzene rings is 1. The summed E-state index contributed by atoms with van der Waals surface area (Å²) in [5.41, 5.74) is -0.0696. The molecular weight excluding hydrogens is 240 g/mol. The topological polar surface area (TPSA) is 29.1 Å². The zero-order valence-corrected chi connectivity index (χ0v) is 9.57. The van der Waals surface area contributed by atoms with Gasteiger partial charge >= 0.3 is 0 Å². The van der Waals surface area contributed by atoms with E-state index in [-0.39, 0.29) is 22.5 Å². The molecule has 5 heteroatoms. The lowest BCUT2D eigenvalue weighted by Gasteiger charge is -2.07. The van der Waals surface area contributed by atoms with Gasteiger partial charge in [-0.3, -0.25) is 4.79 Å². The molecule has 82 valence electrons. The Hall–Kier alpha value is -0.800. The van der Waals surface area contributed by atoms with Gasteiger partial charge in [0.25, 0.3) is 5.91 Å². The summed E-state index contributed by atoms with van der Waals surface area (Å²) in [6.45, 7) is 2.02. The lowest BCUT2D eigenvalue weighted by molar-refractivity contribution is 0.0950. The summed E-state index contributed by atoms with van der Waals surface area (Å²) in [6, 6.07) is 4.28. The van der Waals surface area contributed by atoms with Crippen molar-refractivity contribution in [3.63, 3.8) is 0 Å². The molecule has 0 aliphatic heterocycles. The Morgan fingerprint density at radius 1 is 1.60 bits per heavy atom. The van der Waals surface area contributed by atoms with Gasteiger partial charge in [0.1, 0.15) is 0 Å². The van der Waals surface area contributed by atoms with Crippen molar-refractivity contribution in [2.24, 2.45) is 0 Å². The summed E-state index contributed by atoms with van der Waals surface area (Å²) in [5.74, 6) is -1.22. The van der Waals surface area contributed by atoms with Gasteiger partial charge in [0.05, 0.1) is 10.6 Å². The van der Waals surface area contributed by atoms with E-state index < -0.39 is 11.7 Å². The lowest BCUT2D eigenvalue weighted by atomic mass is 10.2. The number of carbonyl (C=O) groups excluding carboxylic acids is 1. The molecule has 1 aromatic rings. The minimum Gasteiger partial charge on any atom is -0.350 e. The van der Waals surface area contributed by atoms with Crippen LogP contribution < -0.4 is 5.32 Å². The van der Waals surface area contributed by atoms with Crippen LogP contribution in [0.4, 0.5) is 4.39 Å². The number of alkyl halides is 1. The van der Waals surface area contributed by atoms with Gasteiger partial charge in [-0.1, -0.05) is 17.7 Å². The smallest absolute Gasteiger partial charge is 0.254 e. The molecule has 0 aromatic heterocycles. The molecule has 0 bridgehead atoms. The van der Waals surface area contributed by atoms with Gasteiger partial charge < -0.3 is 5.32 Å². The fourth-order valence-electron chi connectivity index (χ4n) is 1.01. The first-order chi connectivity index (χ1) is 7.02. The van der Waals surface area contributed by atoms with Gasteiger partial charge in [0.2, 0.25) is 0 Å². The van der Waals surface area contributed by atoms with Crippen molar-refractivity contribution in [2.45, 2.75) is 12.3 Å². The zero-order chi connectivity index (χ0) is 11.4. The number of carbonyl (C=O) groups is 1. The minimum absolute atomic E-state index is 0.0680. The molecule has 0 aliphatic carbocycles. The maximum absolute atomic E-state index is 13.4. The van der Waals surface area contributed by atoms with Crippen LogP contribution in [-0.2, 0) is 0 Å². The van der Waals surface area contributed by atoms with Crippen molar-refractivity contribution >= 4 is 29.1 Å². The molecule has 1 aromatic carbocycles. The zero-order valence-electron chi connectivity index (χ0n) is 8.06. The Balaban J connectivity index is 2.78. The molecule has 0 spiro atoms. The third-order valence-electron chi connectivity index (χ3n) is 1.74. The summed E-state index contributed by atoms with van der Waals surface area (Å²) in [7, 11) is 0. The Kier molecular flexibility index (Phi) is 4.36. The van der Waals surface area contributed by atoms with Crippen LogP contribution in [0, 0.1) is 5.82 Å². The molecule has 1 amide bonds. The molecule has 1 atom stereocenters. The molecule has 2 nitrogen and oxygen atoms in total. The Morgan fingerprint density at radius 2 is 2.27 bits per heavy atom. The van der Waals surface area contributed by atoms with Crippen LogP contribution in [0.15, 0.2) is 18.2 Å². The van der Waals surface area contributed by atoms with E-state index in [2.05, 4.69) is 5.32 Å². The first-order valence-corrected chi connectivity index (χ1v) is 5.20. The van der Waals surface area contributed by atoms with Crippen molar-refractivity contribution in [1.29, 1.82) is 0 Å². The summed E-state index contributed by atoms with van der Waals surface area (Å²) in [5, 5.41) is 2.23. The van der Waals surface area contributed by atoms with E-state index in [9.17, 15) is 9.18 Å². The van der Waals surface area contributed by atoms with Crippen LogP contribution in [-0.4, -0.2) is 17.8 Å². The van der Waals surface area contributed by atoms with E-state index in [0.717, 1.165) is 0 Å². The Bertz CT molecular complexity index is 368. The molecule has 0 fully saturated rings. The normalized spacial score (nSPS) is 12.3. The van der Waals surface area contributed by atoms with Gasteiger partial charge in [-0.05, 0) is 19.1 Å². The highest BCUT2D eigenvalue weighted by Crippen LogP contribution is 2.17. The van der Waals surface area contributed by atoms with Crippen LogP contribution in [0.1, 0.15) is 17.3 Å².